The number of para-hydroxylation sites is 1. The highest BCUT2D eigenvalue weighted by Gasteiger charge is 2.08. The Hall–Kier alpha value is -2.29. The second-order valence-electron chi connectivity index (χ2n) is 5.94. The molecule has 0 radical (unpaired) electrons. The molecule has 136 valence electrons. The van der Waals surface area contributed by atoms with Crippen LogP contribution in [0, 0.1) is 0 Å². The van der Waals surface area contributed by atoms with Gasteiger partial charge in [-0.15, -0.1) is 0 Å². The number of allylic oxidation sites excluding steroid dienone is 5. The first-order valence-electron chi connectivity index (χ1n) is 9.21. The molecule has 0 amide bonds. The van der Waals surface area contributed by atoms with Crippen molar-refractivity contribution in [3.05, 3.63) is 66.5 Å². The molecule has 0 saturated heterocycles. The van der Waals surface area contributed by atoms with E-state index in [0.717, 1.165) is 12.8 Å². The van der Waals surface area contributed by atoms with Crippen LogP contribution in [0.1, 0.15) is 68.6 Å². The number of ether oxygens (including phenoxy) is 1. The summed E-state index contributed by atoms with van der Waals surface area (Å²) in [5, 5.41) is 9.06. The average molecular weight is 342 g/mol. The van der Waals surface area contributed by atoms with Crippen LogP contribution in [0.25, 0.3) is 0 Å². The molecule has 3 nitrogen and oxygen atoms in total. The van der Waals surface area contributed by atoms with Crippen LogP contribution in [0.4, 0.5) is 0 Å². The SMILES string of the molecule is CCCCCCCCC=CCC=CC=COc1ccccc1C(=O)O. The standard InChI is InChI=1S/C22H30O3/c1-2-3-4-5-6-7-8-9-10-11-12-13-16-19-25-21-18-15-14-17-20(21)22(23)24/h9-10,12-19H,2-8,11H2,1H3,(H,23,24). The summed E-state index contributed by atoms with van der Waals surface area (Å²) in [4.78, 5) is 11.0. The van der Waals surface area contributed by atoms with E-state index in [0.29, 0.717) is 5.75 Å². The van der Waals surface area contributed by atoms with Gasteiger partial charge in [0.1, 0.15) is 11.3 Å². The molecule has 0 bridgehead atoms. The van der Waals surface area contributed by atoms with Crippen LogP contribution >= 0.6 is 0 Å². The van der Waals surface area contributed by atoms with E-state index < -0.39 is 5.97 Å². The normalized spacial score (nSPS) is 11.7. The first kappa shape index (κ1) is 20.8. The van der Waals surface area contributed by atoms with Gasteiger partial charge in [-0.05, 0) is 37.5 Å². The topological polar surface area (TPSA) is 46.5 Å². The predicted molar refractivity (Wildman–Crippen MR) is 104 cm³/mol. The second-order valence-corrected chi connectivity index (χ2v) is 5.94. The fraction of sp³-hybridized carbons (Fsp3) is 0.409. The number of aromatic carboxylic acids is 1. The van der Waals surface area contributed by atoms with Gasteiger partial charge in [-0.25, -0.2) is 4.79 Å². The Morgan fingerprint density at radius 1 is 1.00 bits per heavy atom. The molecule has 0 aliphatic carbocycles. The smallest absolute Gasteiger partial charge is 0.339 e. The predicted octanol–water partition coefficient (Wildman–Crippen LogP) is 6.53. The molecule has 0 aliphatic heterocycles. The van der Waals surface area contributed by atoms with Gasteiger partial charge in [0.2, 0.25) is 0 Å². The first-order chi connectivity index (χ1) is 12.3. The summed E-state index contributed by atoms with van der Waals surface area (Å²) >= 11 is 0. The number of carboxylic acids is 1. The highest BCUT2D eigenvalue weighted by atomic mass is 16.5. The lowest BCUT2D eigenvalue weighted by Gasteiger charge is -2.03. The Morgan fingerprint density at radius 2 is 1.76 bits per heavy atom. The van der Waals surface area contributed by atoms with E-state index in [1.165, 1.54) is 50.9 Å². The summed E-state index contributed by atoms with van der Waals surface area (Å²) < 4.78 is 5.37. The summed E-state index contributed by atoms with van der Waals surface area (Å²) in [7, 11) is 0. The zero-order valence-corrected chi connectivity index (χ0v) is 15.2. The minimum atomic E-state index is -0.991. The van der Waals surface area contributed by atoms with Gasteiger partial charge in [-0.3, -0.25) is 0 Å². The number of benzene rings is 1. The number of unbranched alkanes of at least 4 members (excludes halogenated alkanes) is 6. The van der Waals surface area contributed by atoms with Gasteiger partial charge < -0.3 is 9.84 Å². The Balaban J connectivity index is 2.14. The van der Waals surface area contributed by atoms with Crippen molar-refractivity contribution in [2.75, 3.05) is 0 Å². The largest absolute Gasteiger partial charge is 0.478 e. The van der Waals surface area contributed by atoms with Gasteiger partial charge >= 0.3 is 5.97 Å². The molecule has 1 rings (SSSR count). The molecule has 0 aromatic heterocycles. The lowest BCUT2D eigenvalue weighted by Crippen LogP contribution is -1.99. The zero-order valence-electron chi connectivity index (χ0n) is 15.2. The van der Waals surface area contributed by atoms with Crippen LogP contribution in [0.15, 0.2) is 60.9 Å². The van der Waals surface area contributed by atoms with Crippen molar-refractivity contribution in [3.8, 4) is 5.75 Å². The van der Waals surface area contributed by atoms with Crippen molar-refractivity contribution in [2.24, 2.45) is 0 Å². The number of hydrogen-bond acceptors (Lipinski definition) is 2. The summed E-state index contributed by atoms with van der Waals surface area (Å²) in [5.74, 6) is -0.645. The van der Waals surface area contributed by atoms with Gasteiger partial charge in [0.25, 0.3) is 0 Å². The maximum absolute atomic E-state index is 11.0. The molecule has 0 atom stereocenters. The van der Waals surface area contributed by atoms with E-state index in [4.69, 9.17) is 9.84 Å². The molecule has 3 heteroatoms. The number of carbonyl (C=O) groups is 1. The molecule has 0 spiro atoms. The van der Waals surface area contributed by atoms with Crippen molar-refractivity contribution >= 4 is 5.97 Å². The van der Waals surface area contributed by atoms with Crippen LogP contribution in [-0.4, -0.2) is 11.1 Å². The van der Waals surface area contributed by atoms with Crippen LogP contribution < -0.4 is 4.74 Å². The maximum Gasteiger partial charge on any atom is 0.339 e. The van der Waals surface area contributed by atoms with Gasteiger partial charge in [-0.2, -0.15) is 0 Å². The fourth-order valence-corrected chi connectivity index (χ4v) is 2.40. The van der Waals surface area contributed by atoms with Gasteiger partial charge in [-0.1, -0.05) is 75.5 Å². The third kappa shape index (κ3) is 10.2. The maximum atomic E-state index is 11.0. The van der Waals surface area contributed by atoms with Crippen LogP contribution in [0.2, 0.25) is 0 Å². The third-order valence-corrected chi connectivity index (χ3v) is 3.80. The summed E-state index contributed by atoms with van der Waals surface area (Å²) in [5.41, 5.74) is 0.161. The minimum absolute atomic E-state index is 0.161. The van der Waals surface area contributed by atoms with Crippen molar-refractivity contribution in [2.45, 2.75) is 58.3 Å². The lowest BCUT2D eigenvalue weighted by molar-refractivity contribution is 0.0694. The van der Waals surface area contributed by atoms with Gasteiger partial charge in [0, 0.05) is 0 Å². The van der Waals surface area contributed by atoms with Gasteiger partial charge in [0.05, 0.1) is 6.26 Å². The van der Waals surface area contributed by atoms with Crippen molar-refractivity contribution in [3.63, 3.8) is 0 Å². The van der Waals surface area contributed by atoms with E-state index in [1.54, 1.807) is 24.3 Å². The van der Waals surface area contributed by atoms with E-state index in [9.17, 15) is 4.79 Å². The Kier molecular flexibility index (Phi) is 11.7. The first-order valence-corrected chi connectivity index (χ1v) is 9.21. The van der Waals surface area contributed by atoms with Gasteiger partial charge in [0.15, 0.2) is 0 Å². The molecular weight excluding hydrogens is 312 g/mol. The fourth-order valence-electron chi connectivity index (χ4n) is 2.40. The summed E-state index contributed by atoms with van der Waals surface area (Å²) in [6, 6.07) is 6.59. The molecule has 0 unspecified atom stereocenters. The van der Waals surface area contributed by atoms with E-state index in [1.807, 2.05) is 12.2 Å². The molecule has 0 heterocycles. The van der Waals surface area contributed by atoms with Crippen LogP contribution in [0.3, 0.4) is 0 Å². The van der Waals surface area contributed by atoms with Crippen molar-refractivity contribution in [1.82, 2.24) is 0 Å². The molecule has 0 saturated carbocycles. The van der Waals surface area contributed by atoms with Crippen molar-refractivity contribution in [1.29, 1.82) is 0 Å². The quantitative estimate of drug-likeness (QED) is 0.192. The molecule has 1 aromatic carbocycles. The zero-order chi connectivity index (χ0) is 18.2. The number of hydrogen-bond donors (Lipinski definition) is 1. The highest BCUT2D eigenvalue weighted by Crippen LogP contribution is 2.17. The van der Waals surface area contributed by atoms with Crippen LogP contribution in [-0.2, 0) is 0 Å². The van der Waals surface area contributed by atoms with E-state index in [2.05, 4.69) is 19.1 Å². The number of rotatable bonds is 13. The Morgan fingerprint density at radius 3 is 2.56 bits per heavy atom. The molecular formula is C22H30O3. The molecule has 0 aliphatic rings. The van der Waals surface area contributed by atoms with Crippen molar-refractivity contribution < 1.29 is 14.6 Å². The van der Waals surface area contributed by atoms with E-state index >= 15 is 0 Å². The number of carboxylic acid groups (broad SMARTS) is 1. The second kappa shape index (κ2) is 14.1. The summed E-state index contributed by atoms with van der Waals surface area (Å²) in [6.07, 6.45) is 21.7. The minimum Gasteiger partial charge on any atom is -0.478 e. The Bertz CT molecular complexity index is 570. The Labute approximate surface area is 151 Å². The molecule has 1 N–H and O–H groups in total. The highest BCUT2D eigenvalue weighted by molar-refractivity contribution is 5.90. The summed E-state index contributed by atoms with van der Waals surface area (Å²) in [6.45, 7) is 2.24. The monoisotopic (exact) mass is 342 g/mol. The molecule has 1 aromatic rings. The molecule has 0 fully saturated rings. The van der Waals surface area contributed by atoms with E-state index in [-0.39, 0.29) is 5.56 Å². The lowest BCUT2D eigenvalue weighted by atomic mass is 10.1. The van der Waals surface area contributed by atoms with Crippen LogP contribution in [0.5, 0.6) is 5.75 Å². The third-order valence-electron chi connectivity index (χ3n) is 3.80. The average Bonchev–Trinajstić information content (AvgIpc) is 2.62. The molecule has 25 heavy (non-hydrogen) atoms.